The van der Waals surface area contributed by atoms with E-state index in [0.717, 1.165) is 32.9 Å². The molecule has 5 aromatic rings. The summed E-state index contributed by atoms with van der Waals surface area (Å²) in [5, 5.41) is 11.0. The Hall–Kier alpha value is -3.36. The highest BCUT2D eigenvalue weighted by Gasteiger charge is 2.18. The number of carbonyl (C=O) groups is 1. The van der Waals surface area contributed by atoms with Crippen molar-refractivity contribution in [2.45, 2.75) is 6.92 Å². The van der Waals surface area contributed by atoms with Crippen LogP contribution in [0, 0.1) is 6.92 Å². The summed E-state index contributed by atoms with van der Waals surface area (Å²) in [6.45, 7) is 1.96. The van der Waals surface area contributed by atoms with Crippen molar-refractivity contribution in [3.05, 3.63) is 76.9 Å². The summed E-state index contributed by atoms with van der Waals surface area (Å²) in [4.78, 5) is 23.0. The minimum absolute atomic E-state index is 0.169. The number of fused-ring (bicyclic) bond motifs is 1. The summed E-state index contributed by atoms with van der Waals surface area (Å²) in [5.74, 6) is -0.169. The number of nitrogens with one attached hydrogen (secondary N) is 1. The molecule has 0 fully saturated rings. The molecule has 0 spiro atoms. The van der Waals surface area contributed by atoms with Crippen molar-refractivity contribution in [1.29, 1.82) is 0 Å². The standard InChI is InChI=1S/C21H15N5OS2/c1-13-16-10-18(29-20(16)26(25-13)15-7-3-2-4-8-15)19(27)24-21-23-17(12-28-21)14-6-5-9-22-11-14/h2-12H,1H3,(H,23,24,27). The van der Waals surface area contributed by atoms with Crippen LogP contribution in [0.3, 0.4) is 0 Å². The fraction of sp³-hybridized carbons (Fsp3) is 0.0476. The first-order chi connectivity index (χ1) is 14.2. The summed E-state index contributed by atoms with van der Waals surface area (Å²) in [7, 11) is 0. The van der Waals surface area contributed by atoms with Gasteiger partial charge in [-0.25, -0.2) is 9.67 Å². The van der Waals surface area contributed by atoms with Crippen LogP contribution in [0.15, 0.2) is 66.3 Å². The van der Waals surface area contributed by atoms with Gasteiger partial charge in [0, 0.05) is 28.7 Å². The smallest absolute Gasteiger partial charge is 0.267 e. The molecule has 5 rings (SSSR count). The zero-order valence-electron chi connectivity index (χ0n) is 15.4. The number of pyridine rings is 1. The summed E-state index contributed by atoms with van der Waals surface area (Å²) in [6.07, 6.45) is 3.48. The first-order valence-corrected chi connectivity index (χ1v) is 10.6. The van der Waals surface area contributed by atoms with Gasteiger partial charge in [-0.15, -0.1) is 22.7 Å². The maximum atomic E-state index is 12.8. The molecule has 0 saturated heterocycles. The van der Waals surface area contributed by atoms with E-state index in [1.54, 1.807) is 12.4 Å². The number of aromatic nitrogens is 4. The molecule has 1 aromatic carbocycles. The van der Waals surface area contributed by atoms with Crippen molar-refractivity contribution in [2.24, 2.45) is 0 Å². The molecule has 0 bridgehead atoms. The van der Waals surface area contributed by atoms with Crippen molar-refractivity contribution in [1.82, 2.24) is 19.7 Å². The van der Waals surface area contributed by atoms with Crippen LogP contribution in [0.2, 0.25) is 0 Å². The number of para-hydroxylation sites is 1. The Bertz CT molecular complexity index is 1310. The van der Waals surface area contributed by atoms with Gasteiger partial charge < -0.3 is 0 Å². The molecule has 4 heterocycles. The predicted octanol–water partition coefficient (Wildman–Crippen LogP) is 5.17. The Morgan fingerprint density at radius 2 is 2.00 bits per heavy atom. The van der Waals surface area contributed by atoms with Gasteiger partial charge in [-0.1, -0.05) is 18.2 Å². The number of carbonyl (C=O) groups excluding carboxylic acids is 1. The summed E-state index contributed by atoms with van der Waals surface area (Å²) >= 11 is 2.82. The number of hydrogen-bond acceptors (Lipinski definition) is 6. The summed E-state index contributed by atoms with van der Waals surface area (Å²) < 4.78 is 1.88. The van der Waals surface area contributed by atoms with E-state index in [0.29, 0.717) is 10.0 Å². The van der Waals surface area contributed by atoms with Crippen LogP contribution < -0.4 is 5.32 Å². The second-order valence-corrected chi connectivity index (χ2v) is 8.28. The highest BCUT2D eigenvalue weighted by Crippen LogP contribution is 2.31. The highest BCUT2D eigenvalue weighted by atomic mass is 32.1. The van der Waals surface area contributed by atoms with Crippen LogP contribution in [-0.4, -0.2) is 25.7 Å². The Labute approximate surface area is 174 Å². The normalized spacial score (nSPS) is 11.1. The van der Waals surface area contributed by atoms with Gasteiger partial charge in [0.25, 0.3) is 5.91 Å². The molecule has 0 aliphatic heterocycles. The second-order valence-electron chi connectivity index (χ2n) is 6.40. The van der Waals surface area contributed by atoms with Gasteiger partial charge in [0.1, 0.15) is 4.83 Å². The van der Waals surface area contributed by atoms with Crippen molar-refractivity contribution < 1.29 is 4.79 Å². The Balaban J connectivity index is 1.43. The molecule has 1 amide bonds. The van der Waals surface area contributed by atoms with Crippen LogP contribution in [0.1, 0.15) is 15.4 Å². The third kappa shape index (κ3) is 3.32. The molecule has 0 saturated carbocycles. The molecule has 0 radical (unpaired) electrons. The first kappa shape index (κ1) is 17.7. The largest absolute Gasteiger partial charge is 0.297 e. The van der Waals surface area contributed by atoms with E-state index in [4.69, 9.17) is 0 Å². The van der Waals surface area contributed by atoms with E-state index in [2.05, 4.69) is 20.4 Å². The van der Waals surface area contributed by atoms with E-state index in [-0.39, 0.29) is 5.91 Å². The molecule has 4 aromatic heterocycles. The Morgan fingerprint density at radius 1 is 1.14 bits per heavy atom. The molecule has 0 aliphatic carbocycles. The van der Waals surface area contributed by atoms with Crippen molar-refractivity contribution in [3.8, 4) is 16.9 Å². The topological polar surface area (TPSA) is 72.7 Å². The third-order valence-electron chi connectivity index (χ3n) is 4.45. The number of thiazole rings is 1. The Morgan fingerprint density at radius 3 is 2.79 bits per heavy atom. The lowest BCUT2D eigenvalue weighted by atomic mass is 10.2. The number of amides is 1. The van der Waals surface area contributed by atoms with E-state index in [1.807, 2.05) is 65.5 Å². The average molecular weight is 418 g/mol. The average Bonchev–Trinajstić information content (AvgIpc) is 3.46. The fourth-order valence-electron chi connectivity index (χ4n) is 3.04. The van der Waals surface area contributed by atoms with Crippen LogP contribution in [0.5, 0.6) is 0 Å². The number of hydrogen-bond donors (Lipinski definition) is 1. The summed E-state index contributed by atoms with van der Waals surface area (Å²) in [5.41, 5.74) is 3.59. The van der Waals surface area contributed by atoms with E-state index in [9.17, 15) is 4.79 Å². The van der Waals surface area contributed by atoms with Crippen LogP contribution in [0.25, 0.3) is 27.2 Å². The van der Waals surface area contributed by atoms with Crippen LogP contribution >= 0.6 is 22.7 Å². The van der Waals surface area contributed by atoms with Crippen LogP contribution in [0.4, 0.5) is 5.13 Å². The van der Waals surface area contributed by atoms with E-state index < -0.39 is 0 Å². The predicted molar refractivity (Wildman–Crippen MR) is 117 cm³/mol. The minimum atomic E-state index is -0.169. The number of nitrogens with zero attached hydrogens (tertiary/aromatic N) is 4. The van der Waals surface area contributed by atoms with E-state index >= 15 is 0 Å². The molecule has 8 heteroatoms. The van der Waals surface area contributed by atoms with Crippen molar-refractivity contribution >= 4 is 43.9 Å². The monoisotopic (exact) mass is 417 g/mol. The molecule has 6 nitrogen and oxygen atoms in total. The van der Waals surface area contributed by atoms with Gasteiger partial charge in [0.05, 0.1) is 22.0 Å². The molecular weight excluding hydrogens is 402 g/mol. The van der Waals surface area contributed by atoms with Crippen molar-refractivity contribution in [3.63, 3.8) is 0 Å². The molecule has 142 valence electrons. The number of benzene rings is 1. The molecule has 0 unspecified atom stereocenters. The molecule has 1 N–H and O–H groups in total. The number of anilines is 1. The maximum Gasteiger partial charge on any atom is 0.267 e. The van der Waals surface area contributed by atoms with Crippen LogP contribution in [-0.2, 0) is 0 Å². The lowest BCUT2D eigenvalue weighted by molar-refractivity contribution is 0.103. The maximum absolute atomic E-state index is 12.8. The van der Waals surface area contributed by atoms with Gasteiger partial charge in [-0.05, 0) is 37.3 Å². The van der Waals surface area contributed by atoms with Gasteiger partial charge in [-0.3, -0.25) is 15.1 Å². The molecule has 0 atom stereocenters. The lowest BCUT2D eigenvalue weighted by Crippen LogP contribution is -2.09. The lowest BCUT2D eigenvalue weighted by Gasteiger charge is -2.01. The number of rotatable bonds is 4. The van der Waals surface area contributed by atoms with E-state index in [1.165, 1.54) is 22.7 Å². The first-order valence-electron chi connectivity index (χ1n) is 8.91. The second kappa shape index (κ2) is 7.23. The number of aryl methyl sites for hydroxylation is 1. The number of thiophene rings is 1. The zero-order chi connectivity index (χ0) is 19.8. The molecule has 0 aliphatic rings. The molecule has 29 heavy (non-hydrogen) atoms. The van der Waals surface area contributed by atoms with Crippen molar-refractivity contribution in [2.75, 3.05) is 5.32 Å². The minimum Gasteiger partial charge on any atom is -0.297 e. The molecular formula is C21H15N5OS2. The zero-order valence-corrected chi connectivity index (χ0v) is 17.0. The van der Waals surface area contributed by atoms with Gasteiger partial charge >= 0.3 is 0 Å². The fourth-order valence-corrected chi connectivity index (χ4v) is 4.83. The van der Waals surface area contributed by atoms with Gasteiger partial charge in [0.2, 0.25) is 0 Å². The SMILES string of the molecule is Cc1nn(-c2ccccc2)c2sc(C(=O)Nc3nc(-c4cccnc4)cs3)cc12. The summed E-state index contributed by atoms with van der Waals surface area (Å²) in [6, 6.07) is 15.6. The highest BCUT2D eigenvalue weighted by molar-refractivity contribution is 7.20. The van der Waals surface area contributed by atoms with Gasteiger partial charge in [-0.2, -0.15) is 5.10 Å². The Kier molecular flexibility index (Phi) is 4.42. The van der Waals surface area contributed by atoms with Gasteiger partial charge in [0.15, 0.2) is 5.13 Å². The quantitative estimate of drug-likeness (QED) is 0.438. The third-order valence-corrected chi connectivity index (χ3v) is 6.32.